The Labute approximate surface area is 315 Å². The first-order chi connectivity index (χ1) is 21.5. The molecule has 0 aliphatic carbocycles. The van der Waals surface area contributed by atoms with Crippen LogP contribution in [0.2, 0.25) is 131 Å². The molecule has 0 saturated carbocycles. The summed E-state index contributed by atoms with van der Waals surface area (Å²) in [5.74, 6) is 0. The van der Waals surface area contributed by atoms with Crippen LogP contribution in [0.15, 0.2) is 0 Å². The zero-order chi connectivity index (χ0) is 39.3. The highest BCUT2D eigenvalue weighted by molar-refractivity contribution is 6.93. The molecule has 0 amide bonds. The van der Waals surface area contributed by atoms with Gasteiger partial charge in [0.2, 0.25) is 33.3 Å². The lowest BCUT2D eigenvalue weighted by atomic mass is 10.5. The van der Waals surface area contributed by atoms with Crippen LogP contribution in [-0.4, -0.2) is 98.5 Å². The fourth-order valence-electron chi connectivity index (χ4n) is 6.25. The molecule has 17 heteroatoms. The first kappa shape index (κ1) is 50.6. The predicted octanol–water partition coefficient (Wildman–Crippen LogP) is 11.0. The second-order valence-electron chi connectivity index (χ2n) is 19.8. The highest BCUT2D eigenvalue weighted by Crippen LogP contribution is 2.38. The average Bonchev–Trinajstić information content (AvgIpc) is 2.83. The number of hydrogen-bond donors (Lipinski definition) is 0. The quantitative estimate of drug-likeness (QED) is 0.0890. The molecule has 0 N–H and O–H groups in total. The highest BCUT2D eigenvalue weighted by Gasteiger charge is 2.63. The van der Waals surface area contributed by atoms with Crippen molar-refractivity contribution in [3.63, 3.8) is 0 Å². The van der Waals surface area contributed by atoms with Crippen LogP contribution in [-0.2, 0) is 34.2 Å². The number of hydrogen-bond acceptors (Lipinski definition) is 8. The van der Waals surface area contributed by atoms with Gasteiger partial charge in [-0.05, 0) is 157 Å². The second-order valence-corrected chi connectivity index (χ2v) is 57.3. The van der Waals surface area contributed by atoms with E-state index in [9.17, 15) is 0 Å². The van der Waals surface area contributed by atoms with Gasteiger partial charge < -0.3 is 34.2 Å². The predicted molar refractivity (Wildman–Crippen MR) is 234 cm³/mol. The third-order valence-corrected chi connectivity index (χ3v) is 33.8. The summed E-state index contributed by atoms with van der Waals surface area (Å²) in [5, 5.41) is 0. The van der Waals surface area contributed by atoms with E-state index in [1.54, 1.807) is 0 Å². The van der Waals surface area contributed by atoms with E-state index in [0.29, 0.717) is 0 Å². The van der Waals surface area contributed by atoms with Crippen molar-refractivity contribution in [3.8, 4) is 0 Å². The summed E-state index contributed by atoms with van der Waals surface area (Å²) in [6.07, 6.45) is 3.44. The van der Waals surface area contributed by atoms with E-state index in [1.165, 1.54) is 0 Å². The van der Waals surface area contributed by atoms with Crippen LogP contribution in [0.5, 0.6) is 0 Å². The minimum Gasteiger partial charge on any atom is -0.415 e. The molecule has 0 rings (SSSR count). The molecule has 0 radical (unpaired) electrons. The summed E-state index contributed by atoms with van der Waals surface area (Å²) in [5.41, 5.74) is -0.104. The molecule has 8 nitrogen and oxygen atoms in total. The fraction of sp³-hybridized carbons (Fsp3) is 1.00. The lowest BCUT2D eigenvalue weighted by Gasteiger charge is -2.51. The normalized spacial score (nSPS) is 18.6. The van der Waals surface area contributed by atoms with Crippen LogP contribution in [0.3, 0.4) is 0 Å². The Morgan fingerprint density at radius 3 is 0.531 bits per heavy atom. The van der Waals surface area contributed by atoms with Gasteiger partial charge in [-0.1, -0.05) is 27.7 Å². The van der Waals surface area contributed by atoms with Gasteiger partial charge in [0.15, 0.2) is 33.3 Å². The van der Waals surface area contributed by atoms with Gasteiger partial charge >= 0.3 is 9.05 Å². The molecule has 0 fully saturated rings. The van der Waals surface area contributed by atoms with Gasteiger partial charge in [0.1, 0.15) is 0 Å². The van der Waals surface area contributed by atoms with Crippen molar-refractivity contribution in [2.45, 2.75) is 207 Å². The van der Waals surface area contributed by atoms with Gasteiger partial charge in [-0.2, -0.15) is 0 Å². The average molecular weight is 850 g/mol. The number of rotatable bonds is 24. The van der Waals surface area contributed by atoms with Crippen molar-refractivity contribution in [1.29, 1.82) is 0 Å². The molecule has 0 spiro atoms. The maximum absolute atomic E-state index is 7.69. The van der Waals surface area contributed by atoms with Crippen molar-refractivity contribution in [1.82, 2.24) is 0 Å². The minimum atomic E-state index is -3.97. The van der Waals surface area contributed by atoms with Gasteiger partial charge in [0.05, 0.1) is 22.9 Å². The Bertz CT molecular complexity index is 830. The third-order valence-electron chi connectivity index (χ3n) is 8.12. The molecular formula is C32H84O8Si9. The van der Waals surface area contributed by atoms with Crippen LogP contribution in [0.1, 0.15) is 53.4 Å². The Hall–Kier alpha value is 1.63. The SMILES string of the molecule is CCC(O[Si](C)(C)C)[Si](C)(C)O[Si](O[Si](C)(C)C(CC)O[Si](C)(C)C)(O[Si](C)(C)C(CC)O[Si](C)(C)C)O[Si](C)(C)C(CC)O[Si](C)(C)C. The standard InChI is InChI=1S/C32H84O8Si9/c1-25-29(33-41(5,6)7)45(17,18)37-49(38-46(19,20)30(26-2)34-42(8,9)10,39-47(21,22)31(27-3)35-43(11,12)13)40-48(23,24)32(28-4)36-44(14,15)16/h29-32H,25-28H2,1-24H3. The topological polar surface area (TPSA) is 73.8 Å². The van der Waals surface area contributed by atoms with E-state index < -0.39 is 75.6 Å². The molecule has 0 saturated heterocycles. The molecule has 0 aromatic carbocycles. The van der Waals surface area contributed by atoms with Crippen molar-refractivity contribution in [2.75, 3.05) is 0 Å². The van der Waals surface area contributed by atoms with E-state index in [-0.39, 0.29) is 22.9 Å². The fourth-order valence-corrected chi connectivity index (χ4v) is 38.7. The molecule has 0 aromatic heterocycles. The van der Waals surface area contributed by atoms with Crippen molar-refractivity contribution >= 4 is 75.6 Å². The molecule has 0 aromatic rings. The molecule has 0 aliphatic heterocycles. The van der Waals surface area contributed by atoms with Gasteiger partial charge in [-0.15, -0.1) is 0 Å². The Morgan fingerprint density at radius 2 is 0.429 bits per heavy atom. The molecule has 4 atom stereocenters. The summed E-state index contributed by atoms with van der Waals surface area (Å²) in [6, 6.07) is 0. The molecule has 0 heterocycles. The monoisotopic (exact) mass is 848 g/mol. The summed E-state index contributed by atoms with van der Waals surface area (Å²) in [4.78, 5) is 0. The Balaban J connectivity index is 7.89. The third kappa shape index (κ3) is 18.7. The lowest BCUT2D eigenvalue weighted by Crippen LogP contribution is -2.73. The maximum atomic E-state index is 7.69. The van der Waals surface area contributed by atoms with Crippen molar-refractivity contribution < 1.29 is 34.2 Å². The van der Waals surface area contributed by atoms with Crippen LogP contribution in [0.25, 0.3) is 0 Å². The molecular weight excluding hydrogens is 765 g/mol. The molecule has 296 valence electrons. The summed E-state index contributed by atoms with van der Waals surface area (Å²) >= 11 is 0. The van der Waals surface area contributed by atoms with Crippen LogP contribution < -0.4 is 0 Å². The highest BCUT2D eigenvalue weighted by atomic mass is 28.5. The maximum Gasteiger partial charge on any atom is 0.637 e. The zero-order valence-electron chi connectivity index (χ0n) is 36.9. The van der Waals surface area contributed by atoms with E-state index in [2.05, 4.69) is 159 Å². The van der Waals surface area contributed by atoms with Gasteiger partial charge in [0, 0.05) is 0 Å². The summed E-state index contributed by atoms with van der Waals surface area (Å²) < 4.78 is 58.3. The van der Waals surface area contributed by atoms with E-state index >= 15 is 0 Å². The van der Waals surface area contributed by atoms with E-state index in [4.69, 9.17) is 34.2 Å². The van der Waals surface area contributed by atoms with Gasteiger partial charge in [-0.3, -0.25) is 0 Å². The minimum absolute atomic E-state index is 0.0261. The Kier molecular flexibility index (Phi) is 19.1. The van der Waals surface area contributed by atoms with Crippen molar-refractivity contribution in [3.05, 3.63) is 0 Å². The van der Waals surface area contributed by atoms with Crippen LogP contribution in [0, 0.1) is 0 Å². The zero-order valence-corrected chi connectivity index (χ0v) is 45.9. The molecule has 0 bridgehead atoms. The van der Waals surface area contributed by atoms with Crippen LogP contribution in [0.4, 0.5) is 0 Å². The van der Waals surface area contributed by atoms with Crippen molar-refractivity contribution in [2.24, 2.45) is 0 Å². The summed E-state index contributed by atoms with van der Waals surface area (Å²) in [6.45, 7) is 54.2. The van der Waals surface area contributed by atoms with E-state index in [0.717, 1.165) is 25.7 Å². The summed E-state index contributed by atoms with van der Waals surface area (Å²) in [7, 11) is -22.3. The van der Waals surface area contributed by atoms with Gasteiger partial charge in [-0.25, -0.2) is 0 Å². The molecule has 4 unspecified atom stereocenters. The first-order valence-electron chi connectivity index (χ1n) is 19.0. The van der Waals surface area contributed by atoms with E-state index in [1.807, 2.05) is 0 Å². The lowest BCUT2D eigenvalue weighted by molar-refractivity contribution is 0.104. The Morgan fingerprint density at radius 1 is 0.286 bits per heavy atom. The first-order valence-corrected chi connectivity index (χ1v) is 46.2. The molecule has 0 aliphatic rings. The van der Waals surface area contributed by atoms with Gasteiger partial charge in [0.25, 0.3) is 0 Å². The largest absolute Gasteiger partial charge is 0.637 e. The molecule has 49 heavy (non-hydrogen) atoms. The van der Waals surface area contributed by atoms with Crippen LogP contribution >= 0.6 is 0 Å². The second kappa shape index (κ2) is 18.5. The smallest absolute Gasteiger partial charge is 0.415 e.